The van der Waals surface area contributed by atoms with Crippen LogP contribution < -0.4 is 5.32 Å². The maximum absolute atomic E-state index is 3.64. The van der Waals surface area contributed by atoms with Gasteiger partial charge < -0.3 is 5.32 Å². The molecule has 102 valence electrons. The van der Waals surface area contributed by atoms with Gasteiger partial charge in [0.2, 0.25) is 0 Å². The zero-order chi connectivity index (χ0) is 13.4. The first-order valence-electron chi connectivity index (χ1n) is 7.16. The maximum Gasteiger partial charge on any atom is 0.0234 e. The van der Waals surface area contributed by atoms with Gasteiger partial charge in [-0.2, -0.15) is 0 Å². The van der Waals surface area contributed by atoms with Crippen molar-refractivity contribution in [1.82, 2.24) is 10.2 Å². The average molecular weight is 248 g/mol. The number of benzene rings is 1. The Bertz CT molecular complexity index is 310. The molecular formula is C16H28N2. The van der Waals surface area contributed by atoms with Gasteiger partial charge in [0.15, 0.2) is 0 Å². The fraction of sp³-hybridized carbons (Fsp3) is 0.625. The van der Waals surface area contributed by atoms with E-state index in [0.29, 0.717) is 12.1 Å². The van der Waals surface area contributed by atoms with Crippen LogP contribution in [-0.2, 0) is 6.54 Å². The first-order chi connectivity index (χ1) is 8.69. The number of hydrogen-bond acceptors (Lipinski definition) is 2. The summed E-state index contributed by atoms with van der Waals surface area (Å²) in [7, 11) is 2.22. The van der Waals surface area contributed by atoms with Crippen molar-refractivity contribution in [2.45, 2.75) is 52.2 Å². The van der Waals surface area contributed by atoms with E-state index in [2.05, 4.69) is 68.4 Å². The lowest BCUT2D eigenvalue weighted by atomic mass is 10.1. The van der Waals surface area contributed by atoms with Crippen molar-refractivity contribution in [3.63, 3.8) is 0 Å². The van der Waals surface area contributed by atoms with E-state index in [1.165, 1.54) is 18.4 Å². The highest BCUT2D eigenvalue weighted by atomic mass is 15.2. The summed E-state index contributed by atoms with van der Waals surface area (Å²) in [4.78, 5) is 2.44. The zero-order valence-electron chi connectivity index (χ0n) is 12.3. The zero-order valence-corrected chi connectivity index (χ0v) is 12.3. The van der Waals surface area contributed by atoms with E-state index in [4.69, 9.17) is 0 Å². The topological polar surface area (TPSA) is 15.3 Å². The quantitative estimate of drug-likeness (QED) is 0.759. The van der Waals surface area contributed by atoms with Crippen molar-refractivity contribution in [1.29, 1.82) is 0 Å². The largest absolute Gasteiger partial charge is 0.312 e. The van der Waals surface area contributed by atoms with Crippen LogP contribution in [0, 0.1) is 0 Å². The highest BCUT2D eigenvalue weighted by molar-refractivity contribution is 5.14. The van der Waals surface area contributed by atoms with Gasteiger partial charge in [-0.05, 0) is 38.9 Å². The van der Waals surface area contributed by atoms with Crippen LogP contribution in [0.4, 0.5) is 0 Å². The maximum atomic E-state index is 3.64. The normalized spacial score (nSPS) is 14.7. The molecule has 1 N–H and O–H groups in total. The monoisotopic (exact) mass is 248 g/mol. The van der Waals surface area contributed by atoms with Crippen molar-refractivity contribution >= 4 is 0 Å². The molecule has 18 heavy (non-hydrogen) atoms. The minimum Gasteiger partial charge on any atom is -0.312 e. The fourth-order valence-corrected chi connectivity index (χ4v) is 2.31. The van der Waals surface area contributed by atoms with Gasteiger partial charge in [-0.25, -0.2) is 0 Å². The molecule has 0 aliphatic carbocycles. The van der Waals surface area contributed by atoms with Gasteiger partial charge in [-0.1, -0.05) is 44.2 Å². The van der Waals surface area contributed by atoms with Crippen LogP contribution in [0.2, 0.25) is 0 Å². The first-order valence-corrected chi connectivity index (χ1v) is 7.16. The van der Waals surface area contributed by atoms with E-state index in [1.54, 1.807) is 0 Å². The van der Waals surface area contributed by atoms with Gasteiger partial charge in [0, 0.05) is 18.6 Å². The predicted molar refractivity (Wildman–Crippen MR) is 79.7 cm³/mol. The fourth-order valence-electron chi connectivity index (χ4n) is 2.31. The Morgan fingerprint density at radius 3 is 2.39 bits per heavy atom. The Morgan fingerprint density at radius 2 is 1.83 bits per heavy atom. The van der Waals surface area contributed by atoms with Crippen LogP contribution in [0.15, 0.2) is 30.3 Å². The molecule has 0 bridgehead atoms. The van der Waals surface area contributed by atoms with Crippen LogP contribution in [0.3, 0.4) is 0 Å². The average Bonchev–Trinajstić information content (AvgIpc) is 2.40. The van der Waals surface area contributed by atoms with Crippen molar-refractivity contribution in [2.24, 2.45) is 0 Å². The molecule has 2 atom stereocenters. The number of hydrogen-bond donors (Lipinski definition) is 1. The summed E-state index contributed by atoms with van der Waals surface area (Å²) in [6.07, 6.45) is 2.38. The van der Waals surface area contributed by atoms with Crippen LogP contribution in [0.5, 0.6) is 0 Å². The summed E-state index contributed by atoms with van der Waals surface area (Å²) < 4.78 is 0. The third kappa shape index (κ3) is 4.79. The molecule has 1 rings (SSSR count). The molecule has 0 heterocycles. The summed E-state index contributed by atoms with van der Waals surface area (Å²) in [5.74, 6) is 0. The predicted octanol–water partition coefficient (Wildman–Crippen LogP) is 3.29. The molecule has 0 aromatic heterocycles. The molecule has 2 nitrogen and oxygen atoms in total. The number of rotatable bonds is 8. The van der Waals surface area contributed by atoms with Crippen LogP contribution in [-0.4, -0.2) is 30.6 Å². The van der Waals surface area contributed by atoms with E-state index in [-0.39, 0.29) is 0 Å². The number of nitrogens with zero attached hydrogens (tertiary/aromatic N) is 1. The summed E-state index contributed by atoms with van der Waals surface area (Å²) in [6, 6.07) is 11.8. The Hall–Kier alpha value is -0.860. The Labute approximate surface area is 112 Å². The van der Waals surface area contributed by atoms with Crippen molar-refractivity contribution < 1.29 is 0 Å². The summed E-state index contributed by atoms with van der Waals surface area (Å²) >= 11 is 0. The Balaban J connectivity index is 2.51. The second-order valence-electron chi connectivity index (χ2n) is 5.11. The van der Waals surface area contributed by atoms with E-state index >= 15 is 0 Å². The van der Waals surface area contributed by atoms with Crippen LogP contribution in [0.25, 0.3) is 0 Å². The third-order valence-electron chi connectivity index (χ3n) is 3.65. The second-order valence-corrected chi connectivity index (χ2v) is 5.11. The van der Waals surface area contributed by atoms with Gasteiger partial charge in [-0.15, -0.1) is 0 Å². The summed E-state index contributed by atoms with van der Waals surface area (Å²) in [5, 5.41) is 3.64. The molecule has 0 fully saturated rings. The minimum absolute atomic E-state index is 0.557. The molecule has 0 spiro atoms. The highest BCUT2D eigenvalue weighted by Gasteiger charge is 2.18. The molecule has 1 aromatic rings. The summed E-state index contributed by atoms with van der Waals surface area (Å²) in [6.45, 7) is 8.94. The van der Waals surface area contributed by atoms with Crippen LogP contribution >= 0.6 is 0 Å². The molecule has 2 heteroatoms. The molecular weight excluding hydrogens is 220 g/mol. The molecule has 0 amide bonds. The molecule has 0 aliphatic heterocycles. The van der Waals surface area contributed by atoms with Gasteiger partial charge >= 0.3 is 0 Å². The SMILES string of the molecule is CCCNC(CC)C(C)N(C)Cc1ccccc1. The van der Waals surface area contributed by atoms with Gasteiger partial charge in [0.05, 0.1) is 0 Å². The minimum atomic E-state index is 0.557. The first kappa shape index (κ1) is 15.2. The van der Waals surface area contributed by atoms with E-state index in [9.17, 15) is 0 Å². The second kappa shape index (κ2) is 8.28. The summed E-state index contributed by atoms with van der Waals surface area (Å²) in [5.41, 5.74) is 1.39. The van der Waals surface area contributed by atoms with Crippen molar-refractivity contribution in [2.75, 3.05) is 13.6 Å². The van der Waals surface area contributed by atoms with Gasteiger partial charge in [0.25, 0.3) is 0 Å². The molecule has 2 unspecified atom stereocenters. The number of likely N-dealkylation sites (N-methyl/N-ethyl adjacent to an activating group) is 1. The van der Waals surface area contributed by atoms with Gasteiger partial charge in [-0.3, -0.25) is 4.90 Å². The van der Waals surface area contributed by atoms with Crippen molar-refractivity contribution in [3.05, 3.63) is 35.9 Å². The van der Waals surface area contributed by atoms with E-state index in [0.717, 1.165) is 13.1 Å². The highest BCUT2D eigenvalue weighted by Crippen LogP contribution is 2.10. The lowest BCUT2D eigenvalue weighted by molar-refractivity contribution is 0.195. The van der Waals surface area contributed by atoms with Gasteiger partial charge in [0.1, 0.15) is 0 Å². The van der Waals surface area contributed by atoms with E-state index in [1.807, 2.05) is 0 Å². The molecule has 0 aliphatic rings. The number of nitrogens with one attached hydrogen (secondary N) is 1. The third-order valence-corrected chi connectivity index (χ3v) is 3.65. The van der Waals surface area contributed by atoms with Crippen molar-refractivity contribution in [3.8, 4) is 0 Å². The van der Waals surface area contributed by atoms with E-state index < -0.39 is 0 Å². The molecule has 1 aromatic carbocycles. The molecule has 0 saturated heterocycles. The Morgan fingerprint density at radius 1 is 1.17 bits per heavy atom. The lowest BCUT2D eigenvalue weighted by Gasteiger charge is -2.32. The molecule has 0 radical (unpaired) electrons. The standard InChI is InChI=1S/C16H28N2/c1-5-12-17-16(6-2)14(3)18(4)13-15-10-8-7-9-11-15/h7-11,14,16-17H,5-6,12-13H2,1-4H3. The smallest absolute Gasteiger partial charge is 0.0234 e. The Kier molecular flexibility index (Phi) is 6.99. The lowest BCUT2D eigenvalue weighted by Crippen LogP contribution is -2.46. The molecule has 0 saturated carbocycles. The van der Waals surface area contributed by atoms with Crippen LogP contribution in [0.1, 0.15) is 39.2 Å².